The van der Waals surface area contributed by atoms with Crippen molar-refractivity contribution in [1.82, 2.24) is 5.32 Å². The minimum absolute atomic E-state index is 0.0630. The zero-order valence-corrected chi connectivity index (χ0v) is 13.3. The van der Waals surface area contributed by atoms with Crippen LogP contribution >= 0.6 is 0 Å². The molecular formula is C19H16N2O4. The maximum atomic E-state index is 12.5. The van der Waals surface area contributed by atoms with Gasteiger partial charge in [-0.3, -0.25) is 14.9 Å². The second-order valence-electron chi connectivity index (χ2n) is 5.49. The number of benzene rings is 2. The van der Waals surface area contributed by atoms with Gasteiger partial charge in [-0.15, -0.1) is 0 Å². The number of hydrogen-bond acceptors (Lipinski definition) is 4. The second kappa shape index (κ2) is 7.44. The molecule has 0 aliphatic heterocycles. The van der Waals surface area contributed by atoms with E-state index >= 15 is 0 Å². The van der Waals surface area contributed by atoms with Crippen LogP contribution in [0.4, 0.5) is 5.69 Å². The third-order valence-electron chi connectivity index (χ3n) is 3.81. The van der Waals surface area contributed by atoms with Crippen LogP contribution in [-0.2, 0) is 11.2 Å². The Bertz CT molecular complexity index is 860. The molecule has 2 aromatic carbocycles. The van der Waals surface area contributed by atoms with E-state index in [-0.39, 0.29) is 18.0 Å². The molecule has 0 saturated carbocycles. The van der Waals surface area contributed by atoms with Crippen molar-refractivity contribution in [3.8, 4) is 0 Å². The van der Waals surface area contributed by atoms with Gasteiger partial charge in [0.2, 0.25) is 5.91 Å². The summed E-state index contributed by atoms with van der Waals surface area (Å²) in [6.07, 6.45) is 1.46. The summed E-state index contributed by atoms with van der Waals surface area (Å²) < 4.78 is 5.44. The molecule has 1 aromatic heterocycles. The van der Waals surface area contributed by atoms with Gasteiger partial charge in [0, 0.05) is 11.6 Å². The molecular weight excluding hydrogens is 320 g/mol. The second-order valence-corrected chi connectivity index (χ2v) is 5.49. The highest BCUT2D eigenvalue weighted by Crippen LogP contribution is 2.23. The molecule has 6 nitrogen and oxygen atoms in total. The van der Waals surface area contributed by atoms with Crippen molar-refractivity contribution in [2.24, 2.45) is 0 Å². The van der Waals surface area contributed by atoms with Gasteiger partial charge in [-0.25, -0.2) is 0 Å². The van der Waals surface area contributed by atoms with E-state index in [9.17, 15) is 14.9 Å². The Hall–Kier alpha value is -3.41. The SMILES string of the molecule is O=C(Cc1ccccc1[N+](=O)[O-])NC(c1ccccc1)c1ccco1. The van der Waals surface area contributed by atoms with Crippen molar-refractivity contribution in [2.45, 2.75) is 12.5 Å². The highest BCUT2D eigenvalue weighted by atomic mass is 16.6. The van der Waals surface area contributed by atoms with Gasteiger partial charge in [-0.2, -0.15) is 0 Å². The lowest BCUT2D eigenvalue weighted by molar-refractivity contribution is -0.385. The molecule has 0 aliphatic rings. The lowest BCUT2D eigenvalue weighted by atomic mass is 10.0. The number of nitrogens with one attached hydrogen (secondary N) is 1. The number of nitrogens with zero attached hydrogens (tertiary/aromatic N) is 1. The molecule has 1 atom stereocenters. The lowest BCUT2D eigenvalue weighted by Gasteiger charge is -2.17. The maximum Gasteiger partial charge on any atom is 0.273 e. The largest absolute Gasteiger partial charge is 0.467 e. The van der Waals surface area contributed by atoms with E-state index in [0.29, 0.717) is 11.3 Å². The molecule has 0 bridgehead atoms. The van der Waals surface area contributed by atoms with Crippen LogP contribution in [0.2, 0.25) is 0 Å². The molecule has 6 heteroatoms. The summed E-state index contributed by atoms with van der Waals surface area (Å²) in [6.45, 7) is 0. The lowest BCUT2D eigenvalue weighted by Crippen LogP contribution is -2.30. The molecule has 25 heavy (non-hydrogen) atoms. The van der Waals surface area contributed by atoms with Gasteiger partial charge in [0.25, 0.3) is 5.69 Å². The Labute approximate surface area is 144 Å². The first-order valence-corrected chi connectivity index (χ1v) is 7.75. The van der Waals surface area contributed by atoms with Gasteiger partial charge < -0.3 is 9.73 Å². The molecule has 0 spiro atoms. The normalized spacial score (nSPS) is 11.7. The molecule has 0 saturated heterocycles. The van der Waals surface area contributed by atoms with E-state index in [1.54, 1.807) is 36.6 Å². The fourth-order valence-corrected chi connectivity index (χ4v) is 2.64. The Morgan fingerprint density at radius 2 is 1.76 bits per heavy atom. The summed E-state index contributed by atoms with van der Waals surface area (Å²) in [7, 11) is 0. The first-order valence-electron chi connectivity index (χ1n) is 7.75. The smallest absolute Gasteiger partial charge is 0.273 e. The minimum Gasteiger partial charge on any atom is -0.467 e. The standard InChI is InChI=1S/C19H16N2O4/c22-18(13-15-9-4-5-10-16(15)21(23)24)20-19(17-11-6-12-25-17)14-7-2-1-3-8-14/h1-12,19H,13H2,(H,20,22). The first kappa shape index (κ1) is 16.4. The van der Waals surface area contributed by atoms with E-state index in [2.05, 4.69) is 5.32 Å². The first-order chi connectivity index (χ1) is 12.1. The fraction of sp³-hybridized carbons (Fsp3) is 0.105. The van der Waals surface area contributed by atoms with Crippen LogP contribution in [0.3, 0.4) is 0 Å². The fourth-order valence-electron chi connectivity index (χ4n) is 2.64. The van der Waals surface area contributed by atoms with Crippen LogP contribution in [0.1, 0.15) is 22.9 Å². The Kier molecular flexibility index (Phi) is 4.89. The van der Waals surface area contributed by atoms with E-state index in [1.165, 1.54) is 6.07 Å². The number of carbonyl (C=O) groups is 1. The number of furan rings is 1. The zero-order valence-electron chi connectivity index (χ0n) is 13.3. The van der Waals surface area contributed by atoms with Crippen LogP contribution in [0.25, 0.3) is 0 Å². The molecule has 1 amide bonds. The molecule has 0 fully saturated rings. The Balaban J connectivity index is 1.81. The van der Waals surface area contributed by atoms with E-state index < -0.39 is 11.0 Å². The number of hydrogen-bond donors (Lipinski definition) is 1. The van der Waals surface area contributed by atoms with Gasteiger partial charge in [0.1, 0.15) is 11.8 Å². The number of rotatable bonds is 6. The van der Waals surface area contributed by atoms with Crippen LogP contribution in [0.5, 0.6) is 0 Å². The van der Waals surface area contributed by atoms with Crippen molar-refractivity contribution in [1.29, 1.82) is 0 Å². The van der Waals surface area contributed by atoms with Crippen LogP contribution < -0.4 is 5.32 Å². The molecule has 0 radical (unpaired) electrons. The van der Waals surface area contributed by atoms with Gasteiger partial charge >= 0.3 is 0 Å². The van der Waals surface area contributed by atoms with Gasteiger partial charge in [0.15, 0.2) is 0 Å². The van der Waals surface area contributed by atoms with Crippen LogP contribution in [-0.4, -0.2) is 10.8 Å². The van der Waals surface area contributed by atoms with Crippen LogP contribution in [0.15, 0.2) is 77.4 Å². The number of amides is 1. The summed E-state index contributed by atoms with van der Waals surface area (Å²) in [6, 6.07) is 18.7. The molecule has 1 N–H and O–H groups in total. The third-order valence-corrected chi connectivity index (χ3v) is 3.81. The Morgan fingerprint density at radius 1 is 1.04 bits per heavy atom. The topological polar surface area (TPSA) is 85.4 Å². The number of nitro groups is 1. The van der Waals surface area contributed by atoms with Gasteiger partial charge in [-0.05, 0) is 17.7 Å². The monoisotopic (exact) mass is 336 g/mol. The van der Waals surface area contributed by atoms with Crippen molar-refractivity contribution < 1.29 is 14.1 Å². The number of carbonyl (C=O) groups excluding carboxylic acids is 1. The summed E-state index contributed by atoms with van der Waals surface area (Å²) in [5.41, 5.74) is 1.18. The van der Waals surface area contributed by atoms with Crippen LogP contribution in [0, 0.1) is 10.1 Å². The molecule has 126 valence electrons. The predicted octanol–water partition coefficient (Wildman–Crippen LogP) is 3.64. The maximum absolute atomic E-state index is 12.5. The predicted molar refractivity (Wildman–Crippen MR) is 91.9 cm³/mol. The summed E-state index contributed by atoms with van der Waals surface area (Å²) >= 11 is 0. The average Bonchev–Trinajstić information content (AvgIpc) is 3.15. The van der Waals surface area contributed by atoms with Gasteiger partial charge in [-0.1, -0.05) is 48.5 Å². The van der Waals surface area contributed by atoms with Crippen molar-refractivity contribution >= 4 is 11.6 Å². The van der Waals surface area contributed by atoms with E-state index in [0.717, 1.165) is 5.56 Å². The molecule has 3 rings (SSSR count). The molecule has 0 aliphatic carbocycles. The average molecular weight is 336 g/mol. The number of nitro benzene ring substituents is 1. The summed E-state index contributed by atoms with van der Waals surface area (Å²) in [5, 5.41) is 14.0. The minimum atomic E-state index is -0.482. The van der Waals surface area contributed by atoms with Crippen molar-refractivity contribution in [3.05, 3.63) is 100.0 Å². The third kappa shape index (κ3) is 3.92. The zero-order chi connectivity index (χ0) is 17.6. The van der Waals surface area contributed by atoms with Gasteiger partial charge in [0.05, 0.1) is 17.6 Å². The summed E-state index contributed by atoms with van der Waals surface area (Å²) in [4.78, 5) is 23.1. The summed E-state index contributed by atoms with van der Waals surface area (Å²) in [5.74, 6) is 0.279. The van der Waals surface area contributed by atoms with Crippen molar-refractivity contribution in [2.75, 3.05) is 0 Å². The Morgan fingerprint density at radius 3 is 2.44 bits per heavy atom. The highest BCUT2D eigenvalue weighted by Gasteiger charge is 2.21. The molecule has 1 unspecified atom stereocenters. The van der Waals surface area contributed by atoms with E-state index in [1.807, 2.05) is 30.3 Å². The number of para-hydroxylation sites is 1. The van der Waals surface area contributed by atoms with E-state index in [4.69, 9.17) is 4.42 Å². The molecule has 3 aromatic rings. The highest BCUT2D eigenvalue weighted by molar-refractivity contribution is 5.80. The van der Waals surface area contributed by atoms with Crippen molar-refractivity contribution in [3.63, 3.8) is 0 Å². The molecule has 1 heterocycles. The quantitative estimate of drug-likeness (QED) is 0.550.